The Kier molecular flexibility index (Phi) is 5.23. The van der Waals surface area contributed by atoms with Gasteiger partial charge in [-0.25, -0.2) is 0 Å². The molecular weight excluding hydrogens is 149 g/mol. The molecule has 0 bridgehead atoms. The maximum absolute atomic E-state index is 5.78. The zero-order valence-corrected chi connectivity index (χ0v) is 6.17. The van der Waals surface area contributed by atoms with Crippen LogP contribution in [0.5, 0.6) is 0 Å². The Bertz CT molecular complexity index is 186. The molecule has 0 saturated carbocycles. The molecule has 0 aliphatic rings. The molecule has 1 nitrogen and oxygen atoms in total. The molecule has 0 saturated heterocycles. The van der Waals surface area contributed by atoms with Gasteiger partial charge in [0.15, 0.2) is 17.4 Å². The molecule has 0 spiro atoms. The van der Waals surface area contributed by atoms with E-state index in [0.29, 0.717) is 0 Å². The molecule has 0 amide bonds. The molecule has 0 aliphatic carbocycles. The molecule has 0 fully saturated rings. The molecule has 1 aromatic carbocycles. The van der Waals surface area contributed by atoms with Gasteiger partial charge in [-0.3, -0.25) is 0 Å². The van der Waals surface area contributed by atoms with E-state index in [-0.39, 0.29) is 23.4 Å². The molecular formula is C9H15AlN. The van der Waals surface area contributed by atoms with E-state index in [1.807, 2.05) is 24.3 Å². The third kappa shape index (κ3) is 3.07. The molecule has 1 unspecified atom stereocenters. The molecule has 2 N–H and O–H groups in total. The van der Waals surface area contributed by atoms with Crippen molar-refractivity contribution in [3.8, 4) is 0 Å². The number of hydrogen-bond donors (Lipinski definition) is 1. The smallest absolute Gasteiger partial charge is 0.187 e. The van der Waals surface area contributed by atoms with Gasteiger partial charge in [-0.1, -0.05) is 31.2 Å². The van der Waals surface area contributed by atoms with E-state index in [1.165, 1.54) is 5.56 Å². The van der Waals surface area contributed by atoms with Crippen molar-refractivity contribution in [1.82, 2.24) is 0 Å². The van der Waals surface area contributed by atoms with Gasteiger partial charge in [0.2, 0.25) is 0 Å². The highest BCUT2D eigenvalue weighted by molar-refractivity contribution is 5.75. The average molecular weight is 164 g/mol. The van der Waals surface area contributed by atoms with Crippen molar-refractivity contribution in [2.24, 2.45) is 5.73 Å². The number of hydrogen-bond acceptors (Lipinski definition) is 1. The lowest BCUT2D eigenvalue weighted by atomic mass is 10.1. The van der Waals surface area contributed by atoms with Crippen LogP contribution in [0.3, 0.4) is 0 Å². The second-order valence-corrected chi connectivity index (χ2v) is 2.35. The molecule has 1 atom stereocenters. The highest BCUT2D eigenvalue weighted by Crippen LogP contribution is 2.11. The fourth-order valence-electron chi connectivity index (χ4n) is 0.883. The minimum Gasteiger partial charge on any atom is -0.324 e. The first kappa shape index (κ1) is 10.7. The van der Waals surface area contributed by atoms with Crippen molar-refractivity contribution in [2.45, 2.75) is 19.4 Å². The topological polar surface area (TPSA) is 26.0 Å². The van der Waals surface area contributed by atoms with Gasteiger partial charge in [0, 0.05) is 6.04 Å². The van der Waals surface area contributed by atoms with Crippen LogP contribution in [0.15, 0.2) is 24.3 Å². The Labute approximate surface area is 78.7 Å². The summed E-state index contributed by atoms with van der Waals surface area (Å²) in [5.41, 5.74) is 6.98. The van der Waals surface area contributed by atoms with Crippen molar-refractivity contribution >= 4 is 17.4 Å². The van der Waals surface area contributed by atoms with Crippen LogP contribution in [0, 0.1) is 6.07 Å². The van der Waals surface area contributed by atoms with Gasteiger partial charge in [0.1, 0.15) is 0 Å². The van der Waals surface area contributed by atoms with E-state index in [1.54, 1.807) is 0 Å². The van der Waals surface area contributed by atoms with Crippen molar-refractivity contribution in [3.63, 3.8) is 0 Å². The van der Waals surface area contributed by atoms with Crippen molar-refractivity contribution in [1.29, 1.82) is 0 Å². The lowest BCUT2D eigenvalue weighted by Crippen LogP contribution is -2.07. The minimum absolute atomic E-state index is 0. The Morgan fingerprint density at radius 3 is 2.45 bits per heavy atom. The third-order valence-corrected chi connectivity index (χ3v) is 1.61. The van der Waals surface area contributed by atoms with Crippen LogP contribution in [-0.2, 0) is 0 Å². The monoisotopic (exact) mass is 164 g/mol. The standard InChI is InChI=1S/C9H12N.Al.3H/c1-2-9(10)8-6-4-3-5-7-8;;;;/h4-7,9H,2,10H2,1H3;;;;. The molecule has 59 valence electrons. The molecule has 1 aromatic rings. The maximum atomic E-state index is 5.78. The quantitative estimate of drug-likeness (QED) is 0.640. The number of nitrogens with two attached hydrogens (primary N) is 1. The van der Waals surface area contributed by atoms with E-state index in [2.05, 4.69) is 13.0 Å². The van der Waals surface area contributed by atoms with Crippen LogP contribution in [0.1, 0.15) is 24.9 Å². The Balaban J connectivity index is 0.000001000. The van der Waals surface area contributed by atoms with Gasteiger partial charge >= 0.3 is 0 Å². The summed E-state index contributed by atoms with van der Waals surface area (Å²) in [5, 5.41) is 0. The largest absolute Gasteiger partial charge is 0.324 e. The van der Waals surface area contributed by atoms with E-state index in [0.717, 1.165) is 6.42 Å². The summed E-state index contributed by atoms with van der Waals surface area (Å²) in [4.78, 5) is 0. The van der Waals surface area contributed by atoms with E-state index >= 15 is 0 Å². The Hall–Kier alpha value is -0.288. The molecule has 0 aliphatic heterocycles. The minimum atomic E-state index is 0. The first-order valence-corrected chi connectivity index (χ1v) is 3.56. The van der Waals surface area contributed by atoms with Crippen LogP contribution in [0.2, 0.25) is 0 Å². The predicted molar refractivity (Wildman–Crippen MR) is 52.4 cm³/mol. The van der Waals surface area contributed by atoms with Crippen molar-refractivity contribution in [3.05, 3.63) is 35.9 Å². The fraction of sp³-hybridized carbons (Fsp3) is 0.333. The van der Waals surface area contributed by atoms with Crippen molar-refractivity contribution in [2.75, 3.05) is 0 Å². The highest BCUT2D eigenvalue weighted by atomic mass is 27.0. The summed E-state index contributed by atoms with van der Waals surface area (Å²) in [6.07, 6.45) is 0.990. The second-order valence-electron chi connectivity index (χ2n) is 2.35. The van der Waals surface area contributed by atoms with Gasteiger partial charge in [0.25, 0.3) is 0 Å². The zero-order chi connectivity index (χ0) is 7.40. The zero-order valence-electron chi connectivity index (χ0n) is 6.17. The predicted octanol–water partition coefficient (Wildman–Crippen LogP) is 0.713. The van der Waals surface area contributed by atoms with Gasteiger partial charge in [-0.05, 0) is 18.1 Å². The normalized spacial score (nSPS) is 11.8. The second kappa shape index (κ2) is 5.37. The van der Waals surface area contributed by atoms with Crippen molar-refractivity contribution < 1.29 is 0 Å². The highest BCUT2D eigenvalue weighted by Gasteiger charge is 1.99. The Morgan fingerprint density at radius 2 is 2.00 bits per heavy atom. The molecule has 1 radical (unpaired) electrons. The number of benzene rings is 1. The summed E-state index contributed by atoms with van der Waals surface area (Å²) in [6, 6.07) is 10.9. The first-order valence-electron chi connectivity index (χ1n) is 3.56. The first-order chi connectivity index (χ1) is 4.84. The lowest BCUT2D eigenvalue weighted by Gasteiger charge is -2.06. The SMILES string of the molecule is CCC(N)c1cc[c]cc1.[AlH3]. The molecule has 0 aromatic heterocycles. The van der Waals surface area contributed by atoms with Gasteiger partial charge < -0.3 is 5.73 Å². The maximum Gasteiger partial charge on any atom is 0.187 e. The van der Waals surface area contributed by atoms with Crippen LogP contribution in [-0.4, -0.2) is 17.4 Å². The summed E-state index contributed by atoms with van der Waals surface area (Å²) in [7, 11) is 0. The van der Waals surface area contributed by atoms with Gasteiger partial charge in [-0.2, -0.15) is 0 Å². The summed E-state index contributed by atoms with van der Waals surface area (Å²) in [6.45, 7) is 2.08. The average Bonchev–Trinajstić information content (AvgIpc) is 2.05. The molecule has 11 heavy (non-hydrogen) atoms. The van der Waals surface area contributed by atoms with Crippen LogP contribution in [0.4, 0.5) is 0 Å². The van der Waals surface area contributed by atoms with Gasteiger partial charge in [0.05, 0.1) is 0 Å². The number of rotatable bonds is 2. The fourth-order valence-corrected chi connectivity index (χ4v) is 0.883. The molecule has 2 heteroatoms. The van der Waals surface area contributed by atoms with E-state index in [4.69, 9.17) is 5.73 Å². The van der Waals surface area contributed by atoms with Crippen LogP contribution >= 0.6 is 0 Å². The third-order valence-electron chi connectivity index (χ3n) is 1.61. The Morgan fingerprint density at radius 1 is 1.45 bits per heavy atom. The summed E-state index contributed by atoms with van der Waals surface area (Å²) < 4.78 is 0. The molecule has 0 heterocycles. The van der Waals surface area contributed by atoms with E-state index in [9.17, 15) is 0 Å². The molecule has 1 rings (SSSR count). The van der Waals surface area contributed by atoms with Crippen LogP contribution in [0.25, 0.3) is 0 Å². The summed E-state index contributed by atoms with van der Waals surface area (Å²) in [5.74, 6) is 0. The summed E-state index contributed by atoms with van der Waals surface area (Å²) >= 11 is 0. The lowest BCUT2D eigenvalue weighted by molar-refractivity contribution is 0.699. The van der Waals surface area contributed by atoms with Gasteiger partial charge in [-0.15, -0.1) is 0 Å². The van der Waals surface area contributed by atoms with E-state index < -0.39 is 0 Å². The van der Waals surface area contributed by atoms with Crippen LogP contribution < -0.4 is 5.73 Å².